The van der Waals surface area contributed by atoms with Gasteiger partial charge in [-0.25, -0.2) is 9.37 Å². The predicted octanol–water partition coefficient (Wildman–Crippen LogP) is 2.74. The van der Waals surface area contributed by atoms with E-state index in [-0.39, 0.29) is 5.82 Å². The number of nitrogens with zero attached hydrogens (tertiary/aromatic N) is 2. The maximum absolute atomic E-state index is 12.9. The highest BCUT2D eigenvalue weighted by Crippen LogP contribution is 2.24. The molecule has 1 aromatic carbocycles. The van der Waals surface area contributed by atoms with E-state index in [0.29, 0.717) is 6.04 Å². The SMILES string of the molecule is C[C@@H]1CNCCN1Cc1csc(-c2ccc(F)cc2)n1. The van der Waals surface area contributed by atoms with Gasteiger partial charge in [-0.3, -0.25) is 4.90 Å². The number of aromatic nitrogens is 1. The summed E-state index contributed by atoms with van der Waals surface area (Å²) in [6.07, 6.45) is 0. The van der Waals surface area contributed by atoms with Crippen molar-refractivity contribution in [3.63, 3.8) is 0 Å². The van der Waals surface area contributed by atoms with Gasteiger partial charge in [-0.15, -0.1) is 11.3 Å². The molecular formula is C15H18FN3S. The Balaban J connectivity index is 1.71. The predicted molar refractivity (Wildman–Crippen MR) is 80.2 cm³/mol. The van der Waals surface area contributed by atoms with Crippen molar-refractivity contribution in [3.8, 4) is 10.6 Å². The quantitative estimate of drug-likeness (QED) is 0.942. The molecule has 0 aliphatic carbocycles. The fourth-order valence-electron chi connectivity index (χ4n) is 2.43. The standard InChI is InChI=1S/C15H18FN3S/c1-11-8-17-6-7-19(11)9-14-10-20-15(18-14)12-2-4-13(16)5-3-12/h2-5,10-11,17H,6-9H2,1H3/t11-/m1/s1. The van der Waals surface area contributed by atoms with E-state index in [9.17, 15) is 4.39 Å². The molecule has 0 bridgehead atoms. The molecule has 0 unspecified atom stereocenters. The second-order valence-electron chi connectivity index (χ2n) is 5.17. The van der Waals surface area contributed by atoms with Crippen LogP contribution in [0.5, 0.6) is 0 Å². The Hall–Kier alpha value is -1.30. The normalized spacial score (nSPS) is 20.2. The Labute approximate surface area is 122 Å². The van der Waals surface area contributed by atoms with Crippen LogP contribution in [0.15, 0.2) is 29.6 Å². The van der Waals surface area contributed by atoms with E-state index in [4.69, 9.17) is 0 Å². The number of hydrogen-bond acceptors (Lipinski definition) is 4. The molecule has 0 amide bonds. The third-order valence-electron chi connectivity index (χ3n) is 3.65. The highest BCUT2D eigenvalue weighted by molar-refractivity contribution is 7.13. The summed E-state index contributed by atoms with van der Waals surface area (Å²) in [5.41, 5.74) is 2.08. The van der Waals surface area contributed by atoms with Crippen molar-refractivity contribution >= 4 is 11.3 Å². The third kappa shape index (κ3) is 3.06. The van der Waals surface area contributed by atoms with Gasteiger partial charge in [-0.1, -0.05) is 0 Å². The van der Waals surface area contributed by atoms with Gasteiger partial charge in [0.15, 0.2) is 0 Å². The minimum absolute atomic E-state index is 0.208. The molecular weight excluding hydrogens is 273 g/mol. The minimum Gasteiger partial charge on any atom is -0.314 e. The van der Waals surface area contributed by atoms with E-state index in [1.54, 1.807) is 23.5 Å². The first-order chi connectivity index (χ1) is 9.72. The van der Waals surface area contributed by atoms with Gasteiger partial charge in [0.2, 0.25) is 0 Å². The van der Waals surface area contributed by atoms with Crippen molar-refractivity contribution in [2.45, 2.75) is 19.5 Å². The lowest BCUT2D eigenvalue weighted by Crippen LogP contribution is -2.49. The number of piperazine rings is 1. The van der Waals surface area contributed by atoms with Crippen LogP contribution in [0.4, 0.5) is 4.39 Å². The molecule has 20 heavy (non-hydrogen) atoms. The van der Waals surface area contributed by atoms with Gasteiger partial charge in [0.05, 0.1) is 5.69 Å². The van der Waals surface area contributed by atoms with E-state index >= 15 is 0 Å². The average molecular weight is 291 g/mol. The molecule has 0 saturated carbocycles. The summed E-state index contributed by atoms with van der Waals surface area (Å²) in [6.45, 7) is 6.26. The molecule has 1 aliphatic rings. The monoisotopic (exact) mass is 291 g/mol. The molecule has 1 saturated heterocycles. The molecule has 1 N–H and O–H groups in total. The zero-order chi connectivity index (χ0) is 13.9. The summed E-state index contributed by atoms with van der Waals surface area (Å²) in [4.78, 5) is 7.12. The average Bonchev–Trinajstić information content (AvgIpc) is 2.91. The molecule has 3 rings (SSSR count). The van der Waals surface area contributed by atoms with Gasteiger partial charge >= 0.3 is 0 Å². The summed E-state index contributed by atoms with van der Waals surface area (Å²) in [5.74, 6) is -0.208. The van der Waals surface area contributed by atoms with Gasteiger partial charge in [-0.05, 0) is 31.2 Å². The highest BCUT2D eigenvalue weighted by atomic mass is 32.1. The number of hydrogen-bond donors (Lipinski definition) is 1. The molecule has 2 heterocycles. The number of nitrogens with one attached hydrogen (secondary N) is 1. The third-order valence-corrected chi connectivity index (χ3v) is 4.59. The van der Waals surface area contributed by atoms with E-state index in [1.807, 2.05) is 0 Å². The zero-order valence-electron chi connectivity index (χ0n) is 11.5. The summed E-state index contributed by atoms with van der Waals surface area (Å²) in [7, 11) is 0. The molecule has 1 aromatic heterocycles. The second kappa shape index (κ2) is 5.99. The van der Waals surface area contributed by atoms with Crippen LogP contribution in [0, 0.1) is 5.82 Å². The lowest BCUT2D eigenvalue weighted by atomic mass is 10.2. The van der Waals surface area contributed by atoms with Crippen molar-refractivity contribution in [3.05, 3.63) is 41.2 Å². The highest BCUT2D eigenvalue weighted by Gasteiger charge is 2.18. The van der Waals surface area contributed by atoms with Crippen LogP contribution in [0.2, 0.25) is 0 Å². The number of halogens is 1. The number of rotatable bonds is 3. The van der Waals surface area contributed by atoms with Gasteiger partial charge < -0.3 is 5.32 Å². The zero-order valence-corrected chi connectivity index (χ0v) is 12.3. The smallest absolute Gasteiger partial charge is 0.123 e. The fourth-order valence-corrected chi connectivity index (χ4v) is 3.25. The van der Waals surface area contributed by atoms with Gasteiger partial charge in [0, 0.05) is 43.2 Å². The molecule has 3 nitrogen and oxygen atoms in total. The first-order valence-electron chi connectivity index (χ1n) is 6.87. The molecule has 5 heteroatoms. The van der Waals surface area contributed by atoms with Crippen LogP contribution < -0.4 is 5.32 Å². The van der Waals surface area contributed by atoms with Crippen LogP contribution in [0.25, 0.3) is 10.6 Å². The first-order valence-corrected chi connectivity index (χ1v) is 7.75. The Bertz CT molecular complexity index is 567. The molecule has 1 fully saturated rings. The Morgan fingerprint density at radius 2 is 2.20 bits per heavy atom. The van der Waals surface area contributed by atoms with Crippen LogP contribution >= 0.6 is 11.3 Å². The topological polar surface area (TPSA) is 28.2 Å². The molecule has 1 atom stereocenters. The molecule has 1 aliphatic heterocycles. The van der Waals surface area contributed by atoms with E-state index in [0.717, 1.165) is 42.4 Å². The van der Waals surface area contributed by atoms with Crippen molar-refractivity contribution in [1.29, 1.82) is 0 Å². The van der Waals surface area contributed by atoms with E-state index in [2.05, 4.69) is 27.5 Å². The van der Waals surface area contributed by atoms with Gasteiger partial charge in [0.1, 0.15) is 10.8 Å². The van der Waals surface area contributed by atoms with E-state index < -0.39 is 0 Å². The van der Waals surface area contributed by atoms with Crippen LogP contribution in [-0.2, 0) is 6.54 Å². The van der Waals surface area contributed by atoms with Crippen molar-refractivity contribution in [2.24, 2.45) is 0 Å². The molecule has 2 aromatic rings. The van der Waals surface area contributed by atoms with Crippen molar-refractivity contribution in [1.82, 2.24) is 15.2 Å². The Kier molecular flexibility index (Phi) is 4.10. The van der Waals surface area contributed by atoms with Gasteiger partial charge in [-0.2, -0.15) is 0 Å². The maximum Gasteiger partial charge on any atom is 0.123 e. The Morgan fingerprint density at radius 3 is 2.95 bits per heavy atom. The minimum atomic E-state index is -0.208. The Morgan fingerprint density at radius 1 is 1.40 bits per heavy atom. The lowest BCUT2D eigenvalue weighted by molar-refractivity contribution is 0.164. The van der Waals surface area contributed by atoms with Gasteiger partial charge in [0.25, 0.3) is 0 Å². The maximum atomic E-state index is 12.9. The molecule has 0 spiro atoms. The molecule has 0 radical (unpaired) electrons. The van der Waals surface area contributed by atoms with E-state index in [1.165, 1.54) is 12.1 Å². The summed E-state index contributed by atoms with van der Waals surface area (Å²) in [5, 5.41) is 6.46. The van der Waals surface area contributed by atoms with Crippen LogP contribution in [0.3, 0.4) is 0 Å². The summed E-state index contributed by atoms with van der Waals surface area (Å²) >= 11 is 1.62. The van der Waals surface area contributed by atoms with Crippen LogP contribution in [-0.4, -0.2) is 35.6 Å². The second-order valence-corrected chi connectivity index (χ2v) is 6.03. The van der Waals surface area contributed by atoms with Crippen molar-refractivity contribution < 1.29 is 4.39 Å². The lowest BCUT2D eigenvalue weighted by Gasteiger charge is -2.33. The largest absolute Gasteiger partial charge is 0.314 e. The summed E-state index contributed by atoms with van der Waals surface area (Å²) < 4.78 is 12.9. The first kappa shape index (κ1) is 13.7. The summed E-state index contributed by atoms with van der Waals surface area (Å²) in [6, 6.07) is 7.07. The molecule has 106 valence electrons. The van der Waals surface area contributed by atoms with Crippen molar-refractivity contribution in [2.75, 3.05) is 19.6 Å². The van der Waals surface area contributed by atoms with Crippen LogP contribution in [0.1, 0.15) is 12.6 Å². The number of benzene rings is 1. The number of thiazole rings is 1. The fraction of sp³-hybridized carbons (Fsp3) is 0.400.